The molecule has 0 fully saturated rings. The number of nitrogens with zero attached hydrogens (tertiary/aromatic N) is 3. The van der Waals surface area contributed by atoms with E-state index in [1.54, 1.807) is 14.1 Å². The van der Waals surface area contributed by atoms with Crippen molar-refractivity contribution >= 4 is 17.8 Å². The van der Waals surface area contributed by atoms with E-state index in [0.29, 0.717) is 0 Å². The molecule has 0 spiro atoms. The minimum atomic E-state index is -1.54. The Morgan fingerprint density at radius 2 is 2.08 bits per heavy atom. The molecule has 70 valence electrons. The van der Waals surface area contributed by atoms with E-state index in [0.717, 1.165) is 0 Å². The average Bonchev–Trinajstić information content (AvgIpc) is 2.03. The maximum atomic E-state index is 11.0. The zero-order valence-corrected chi connectivity index (χ0v) is 7.14. The van der Waals surface area contributed by atoms with Gasteiger partial charge in [0.1, 0.15) is 0 Å². The number of guanidine groups is 1. The first kappa shape index (κ1) is 9.30. The normalized spacial score (nSPS) is 22.0. The van der Waals surface area contributed by atoms with E-state index in [1.807, 2.05) is 0 Å². The standard InChI is InChI=1S/C6H8N4O3/c1-10(2)6-7-4(11)3(9-13)5(12)8-6/h3H,1-2H3,(H,7,8,11,12). The molecule has 1 heterocycles. The van der Waals surface area contributed by atoms with Gasteiger partial charge in [-0.15, -0.1) is 4.91 Å². The van der Waals surface area contributed by atoms with Crippen molar-refractivity contribution in [2.75, 3.05) is 14.1 Å². The van der Waals surface area contributed by atoms with Crippen molar-refractivity contribution in [1.82, 2.24) is 10.2 Å². The molecule has 0 aromatic rings. The van der Waals surface area contributed by atoms with Crippen LogP contribution in [0, 0.1) is 4.91 Å². The number of nitroso groups, excluding NO2 is 1. The second-order valence-corrected chi connectivity index (χ2v) is 2.67. The van der Waals surface area contributed by atoms with Gasteiger partial charge in [0.25, 0.3) is 17.9 Å². The molecule has 0 bridgehead atoms. The molecule has 1 aliphatic heterocycles. The summed E-state index contributed by atoms with van der Waals surface area (Å²) in [4.78, 5) is 37.0. The largest absolute Gasteiger partial charge is 0.348 e. The minimum absolute atomic E-state index is 0.120. The molecule has 1 atom stereocenters. The van der Waals surface area contributed by atoms with Crippen molar-refractivity contribution < 1.29 is 9.59 Å². The van der Waals surface area contributed by atoms with Crippen LogP contribution >= 0.6 is 0 Å². The van der Waals surface area contributed by atoms with E-state index < -0.39 is 17.9 Å². The van der Waals surface area contributed by atoms with Crippen LogP contribution in [0.1, 0.15) is 0 Å². The highest BCUT2D eigenvalue weighted by Gasteiger charge is 2.33. The van der Waals surface area contributed by atoms with Crippen molar-refractivity contribution in [3.8, 4) is 0 Å². The lowest BCUT2D eigenvalue weighted by Gasteiger charge is -2.20. The second kappa shape index (κ2) is 3.30. The number of nitrogens with one attached hydrogen (secondary N) is 1. The highest BCUT2D eigenvalue weighted by Crippen LogP contribution is 2.01. The molecule has 1 aliphatic rings. The van der Waals surface area contributed by atoms with Crippen LogP contribution in [0.5, 0.6) is 0 Å². The summed E-state index contributed by atoms with van der Waals surface area (Å²) >= 11 is 0. The van der Waals surface area contributed by atoms with Crippen LogP contribution in [-0.2, 0) is 9.59 Å². The Morgan fingerprint density at radius 1 is 1.46 bits per heavy atom. The lowest BCUT2D eigenvalue weighted by molar-refractivity contribution is -0.129. The smallest absolute Gasteiger partial charge is 0.287 e. The Bertz CT molecular complexity index is 296. The van der Waals surface area contributed by atoms with Crippen molar-refractivity contribution in [1.29, 1.82) is 0 Å². The first-order valence-electron chi connectivity index (χ1n) is 3.49. The zero-order chi connectivity index (χ0) is 10.0. The molecule has 13 heavy (non-hydrogen) atoms. The molecule has 2 amide bonds. The average molecular weight is 184 g/mol. The third kappa shape index (κ3) is 1.68. The topological polar surface area (TPSA) is 91.2 Å². The van der Waals surface area contributed by atoms with E-state index in [4.69, 9.17) is 0 Å². The molecule has 0 aliphatic carbocycles. The van der Waals surface area contributed by atoms with E-state index >= 15 is 0 Å². The summed E-state index contributed by atoms with van der Waals surface area (Å²) in [6.07, 6.45) is 0. The number of carbonyl (C=O) groups excluding carboxylic acids is 2. The van der Waals surface area contributed by atoms with Gasteiger partial charge in [-0.25, -0.2) is 0 Å². The fraction of sp³-hybridized carbons (Fsp3) is 0.500. The van der Waals surface area contributed by atoms with E-state index in [1.165, 1.54) is 4.90 Å². The number of hydrogen-bond donors (Lipinski definition) is 1. The van der Waals surface area contributed by atoms with Gasteiger partial charge in [-0.05, 0) is 5.18 Å². The number of amides is 2. The van der Waals surface area contributed by atoms with Gasteiger partial charge in [-0.1, -0.05) is 0 Å². The maximum Gasteiger partial charge on any atom is 0.287 e. The Balaban J connectivity index is 2.94. The molecule has 7 nitrogen and oxygen atoms in total. The summed E-state index contributed by atoms with van der Waals surface area (Å²) in [6, 6.07) is -1.54. The predicted molar refractivity (Wildman–Crippen MR) is 43.9 cm³/mol. The third-order valence-corrected chi connectivity index (χ3v) is 1.46. The summed E-state index contributed by atoms with van der Waals surface area (Å²) in [7, 11) is 3.22. The SMILES string of the molecule is CN(C)C1=NC(=O)C(N=O)C(=O)N1. The molecule has 7 heteroatoms. The van der Waals surface area contributed by atoms with Gasteiger partial charge >= 0.3 is 0 Å². The summed E-state index contributed by atoms with van der Waals surface area (Å²) in [5, 5.41) is 4.64. The number of carbonyl (C=O) groups is 2. The fourth-order valence-electron chi connectivity index (χ4n) is 0.789. The molecular weight excluding hydrogens is 176 g/mol. The minimum Gasteiger partial charge on any atom is -0.348 e. The lowest BCUT2D eigenvalue weighted by atomic mass is 10.2. The van der Waals surface area contributed by atoms with Gasteiger partial charge < -0.3 is 4.90 Å². The van der Waals surface area contributed by atoms with Gasteiger partial charge in [0, 0.05) is 14.1 Å². The highest BCUT2D eigenvalue weighted by molar-refractivity contribution is 6.17. The van der Waals surface area contributed by atoms with Crippen molar-refractivity contribution in [2.24, 2.45) is 10.2 Å². The van der Waals surface area contributed by atoms with Gasteiger partial charge in [-0.2, -0.15) is 4.99 Å². The predicted octanol–water partition coefficient (Wildman–Crippen LogP) is -1.30. The van der Waals surface area contributed by atoms with Crippen LogP contribution < -0.4 is 5.32 Å². The van der Waals surface area contributed by atoms with Crippen LogP contribution in [0.4, 0.5) is 0 Å². The number of hydrogen-bond acceptors (Lipinski definition) is 5. The first-order valence-corrected chi connectivity index (χ1v) is 3.49. The molecule has 0 aromatic carbocycles. The summed E-state index contributed by atoms with van der Waals surface area (Å²) in [6.45, 7) is 0. The Labute approximate surface area is 73.8 Å². The number of rotatable bonds is 1. The van der Waals surface area contributed by atoms with Crippen LogP contribution in [0.25, 0.3) is 0 Å². The first-order chi connectivity index (χ1) is 6.06. The quantitative estimate of drug-likeness (QED) is 0.405. The van der Waals surface area contributed by atoms with Crippen molar-refractivity contribution in [2.45, 2.75) is 6.04 Å². The molecule has 1 unspecified atom stereocenters. The van der Waals surface area contributed by atoms with Gasteiger partial charge in [0.15, 0.2) is 0 Å². The molecule has 0 saturated carbocycles. The zero-order valence-electron chi connectivity index (χ0n) is 7.14. The highest BCUT2D eigenvalue weighted by atomic mass is 16.3. The van der Waals surface area contributed by atoms with Crippen LogP contribution in [-0.4, -0.2) is 42.8 Å². The Morgan fingerprint density at radius 3 is 2.46 bits per heavy atom. The van der Waals surface area contributed by atoms with Gasteiger partial charge in [-0.3, -0.25) is 14.9 Å². The number of aliphatic imine (C=N–C) groups is 1. The lowest BCUT2D eigenvalue weighted by Crippen LogP contribution is -2.51. The van der Waals surface area contributed by atoms with E-state index in [-0.39, 0.29) is 5.96 Å². The molecule has 1 N–H and O–H groups in total. The summed E-state index contributed by atoms with van der Waals surface area (Å²) in [5.74, 6) is -1.45. The molecule has 0 radical (unpaired) electrons. The van der Waals surface area contributed by atoms with E-state index in [2.05, 4.69) is 15.5 Å². The second-order valence-electron chi connectivity index (χ2n) is 2.67. The third-order valence-electron chi connectivity index (χ3n) is 1.46. The van der Waals surface area contributed by atoms with Crippen LogP contribution in [0.2, 0.25) is 0 Å². The molecular formula is C6H8N4O3. The maximum absolute atomic E-state index is 11.0. The molecule has 0 saturated heterocycles. The molecule has 0 aromatic heterocycles. The van der Waals surface area contributed by atoms with Gasteiger partial charge in [0.2, 0.25) is 5.96 Å². The van der Waals surface area contributed by atoms with Crippen molar-refractivity contribution in [3.63, 3.8) is 0 Å². The summed E-state index contributed by atoms with van der Waals surface area (Å²) < 4.78 is 0. The Kier molecular flexibility index (Phi) is 2.36. The van der Waals surface area contributed by atoms with Crippen LogP contribution in [0.15, 0.2) is 10.2 Å². The van der Waals surface area contributed by atoms with Crippen LogP contribution in [0.3, 0.4) is 0 Å². The summed E-state index contributed by atoms with van der Waals surface area (Å²) in [5.41, 5.74) is 0. The monoisotopic (exact) mass is 184 g/mol. The fourth-order valence-corrected chi connectivity index (χ4v) is 0.789. The Hall–Kier alpha value is -1.79. The van der Waals surface area contributed by atoms with E-state index in [9.17, 15) is 14.5 Å². The van der Waals surface area contributed by atoms with Crippen molar-refractivity contribution in [3.05, 3.63) is 4.91 Å². The van der Waals surface area contributed by atoms with Gasteiger partial charge in [0.05, 0.1) is 0 Å². The molecule has 1 rings (SSSR count).